The highest BCUT2D eigenvalue weighted by molar-refractivity contribution is 5.87. The van der Waals surface area contributed by atoms with Crippen molar-refractivity contribution in [3.63, 3.8) is 0 Å². The third kappa shape index (κ3) is 2.93. The molecule has 1 aliphatic heterocycles. The van der Waals surface area contributed by atoms with Crippen LogP contribution < -0.4 is 5.32 Å². The fourth-order valence-corrected chi connectivity index (χ4v) is 6.65. The number of amides is 2. The van der Waals surface area contributed by atoms with Crippen molar-refractivity contribution in [2.75, 3.05) is 13.1 Å². The zero-order chi connectivity index (χ0) is 17.7. The first-order valence-corrected chi connectivity index (χ1v) is 10.2. The van der Waals surface area contributed by atoms with Crippen molar-refractivity contribution < 1.29 is 9.59 Å². The lowest BCUT2D eigenvalue weighted by atomic mass is 9.53. The van der Waals surface area contributed by atoms with Crippen LogP contribution in [0.25, 0.3) is 0 Å². The Bertz CT molecular complexity index is 679. The van der Waals surface area contributed by atoms with Crippen molar-refractivity contribution in [3.05, 3.63) is 35.9 Å². The predicted octanol–water partition coefficient (Wildman–Crippen LogP) is 3.09. The van der Waals surface area contributed by atoms with Gasteiger partial charge in [-0.05, 0) is 61.8 Å². The zero-order valence-electron chi connectivity index (χ0n) is 15.3. The Hall–Kier alpha value is -1.84. The Morgan fingerprint density at radius 2 is 1.65 bits per heavy atom. The van der Waals surface area contributed by atoms with E-state index >= 15 is 0 Å². The van der Waals surface area contributed by atoms with Crippen molar-refractivity contribution in [2.24, 2.45) is 17.8 Å². The van der Waals surface area contributed by atoms with Crippen molar-refractivity contribution in [2.45, 2.75) is 56.4 Å². The van der Waals surface area contributed by atoms with Gasteiger partial charge in [-0.1, -0.05) is 30.3 Å². The van der Waals surface area contributed by atoms with Crippen LogP contribution in [0, 0.1) is 17.8 Å². The van der Waals surface area contributed by atoms with E-state index in [2.05, 4.69) is 17.4 Å². The van der Waals surface area contributed by atoms with E-state index in [0.717, 1.165) is 37.0 Å². The molecule has 0 spiro atoms. The number of rotatable bonds is 4. The van der Waals surface area contributed by atoms with Crippen LogP contribution in [0.2, 0.25) is 0 Å². The second-order valence-corrected chi connectivity index (χ2v) is 9.33. The molecule has 4 bridgehead atoms. The van der Waals surface area contributed by atoms with Crippen LogP contribution in [0.15, 0.2) is 30.3 Å². The minimum atomic E-state index is 0.0352. The molecule has 5 aliphatic rings. The maximum absolute atomic E-state index is 12.8. The van der Waals surface area contributed by atoms with Crippen LogP contribution in [-0.4, -0.2) is 35.3 Å². The van der Waals surface area contributed by atoms with Crippen LogP contribution in [0.4, 0.5) is 0 Å². The molecule has 6 rings (SSSR count). The van der Waals surface area contributed by atoms with Crippen LogP contribution in [0.5, 0.6) is 0 Å². The summed E-state index contributed by atoms with van der Waals surface area (Å²) in [7, 11) is 0. The highest BCUT2D eigenvalue weighted by Crippen LogP contribution is 2.55. The summed E-state index contributed by atoms with van der Waals surface area (Å²) in [4.78, 5) is 26.9. The molecule has 4 saturated carbocycles. The molecule has 0 unspecified atom stereocenters. The normalized spacial score (nSPS) is 38.0. The minimum absolute atomic E-state index is 0.0352. The summed E-state index contributed by atoms with van der Waals surface area (Å²) in [6.07, 6.45) is 8.12. The molecule has 2 amide bonds. The average Bonchev–Trinajstić information content (AvgIpc) is 2.94. The van der Waals surface area contributed by atoms with Gasteiger partial charge >= 0.3 is 0 Å². The summed E-state index contributed by atoms with van der Waals surface area (Å²) in [6, 6.07) is 10.2. The monoisotopic (exact) mass is 352 g/mol. The lowest BCUT2D eigenvalue weighted by Gasteiger charge is -2.57. The zero-order valence-corrected chi connectivity index (χ0v) is 15.3. The fourth-order valence-electron chi connectivity index (χ4n) is 6.65. The fraction of sp³-hybridized carbons (Fsp3) is 0.636. The molecule has 1 heterocycles. The summed E-state index contributed by atoms with van der Waals surface area (Å²) >= 11 is 0. The largest absolute Gasteiger partial charge is 0.349 e. The summed E-state index contributed by atoms with van der Waals surface area (Å²) in [5, 5.41) is 3.39. The molecular formula is C22H28N2O2. The van der Waals surface area contributed by atoms with Crippen molar-refractivity contribution in [1.29, 1.82) is 0 Å². The molecule has 4 nitrogen and oxygen atoms in total. The van der Waals surface area contributed by atoms with Gasteiger partial charge in [0.25, 0.3) is 0 Å². The van der Waals surface area contributed by atoms with Gasteiger partial charge in [-0.15, -0.1) is 0 Å². The lowest BCUT2D eigenvalue weighted by Crippen LogP contribution is -2.61. The molecule has 0 aromatic heterocycles. The van der Waals surface area contributed by atoms with Gasteiger partial charge < -0.3 is 10.2 Å². The summed E-state index contributed by atoms with van der Waals surface area (Å²) in [5.74, 6) is 2.83. The van der Waals surface area contributed by atoms with Crippen molar-refractivity contribution in [3.8, 4) is 0 Å². The molecule has 1 aromatic rings. The molecule has 4 aliphatic carbocycles. The van der Waals surface area contributed by atoms with E-state index in [1.54, 1.807) is 4.90 Å². The highest BCUT2D eigenvalue weighted by Gasteiger charge is 2.51. The molecule has 1 atom stereocenters. The van der Waals surface area contributed by atoms with Gasteiger partial charge in [0.15, 0.2) is 0 Å². The molecule has 1 saturated heterocycles. The van der Waals surface area contributed by atoms with E-state index in [9.17, 15) is 9.59 Å². The second-order valence-electron chi connectivity index (χ2n) is 9.33. The number of benzene rings is 1. The lowest BCUT2D eigenvalue weighted by molar-refractivity contribution is -0.135. The Labute approximate surface area is 155 Å². The van der Waals surface area contributed by atoms with Crippen LogP contribution in [0.3, 0.4) is 0 Å². The number of carbonyl (C=O) groups is 2. The van der Waals surface area contributed by atoms with Crippen molar-refractivity contribution in [1.82, 2.24) is 10.2 Å². The molecule has 0 radical (unpaired) electrons. The van der Waals surface area contributed by atoms with Crippen LogP contribution in [-0.2, 0) is 9.59 Å². The highest BCUT2D eigenvalue weighted by atomic mass is 16.2. The third-order valence-corrected chi connectivity index (χ3v) is 7.26. The van der Waals surface area contributed by atoms with Gasteiger partial charge in [0.05, 0.1) is 6.54 Å². The Morgan fingerprint density at radius 3 is 2.27 bits per heavy atom. The van der Waals surface area contributed by atoms with Crippen LogP contribution >= 0.6 is 0 Å². The number of hydrogen-bond donors (Lipinski definition) is 1. The van der Waals surface area contributed by atoms with Crippen molar-refractivity contribution >= 4 is 11.8 Å². The standard InChI is InChI=1S/C22H28N2O2/c25-20(23-22-10-15-6-16(11-22)8-17(7-15)12-22)14-24-13-19(9-21(24)26)18-4-2-1-3-5-18/h1-5,15-17,19H,6-14H2,(H,23,25)/t15?,16?,17?,19-,22?/m1/s1. The number of nitrogens with one attached hydrogen (secondary N) is 1. The third-order valence-electron chi connectivity index (χ3n) is 7.26. The number of likely N-dealkylation sites (tertiary alicyclic amines) is 1. The first-order valence-electron chi connectivity index (χ1n) is 10.2. The van der Waals surface area contributed by atoms with E-state index in [-0.39, 0.29) is 29.8 Å². The van der Waals surface area contributed by atoms with Gasteiger partial charge in [-0.2, -0.15) is 0 Å². The minimum Gasteiger partial charge on any atom is -0.349 e. The van der Waals surface area contributed by atoms with E-state index in [0.29, 0.717) is 13.0 Å². The molecular weight excluding hydrogens is 324 g/mol. The maximum Gasteiger partial charge on any atom is 0.240 e. The Morgan fingerprint density at radius 1 is 1.04 bits per heavy atom. The Balaban J connectivity index is 1.22. The van der Waals surface area contributed by atoms with E-state index < -0.39 is 0 Å². The van der Waals surface area contributed by atoms with E-state index in [4.69, 9.17) is 0 Å². The quantitative estimate of drug-likeness (QED) is 0.905. The first kappa shape index (κ1) is 16.3. The van der Waals surface area contributed by atoms with Gasteiger partial charge in [0.2, 0.25) is 11.8 Å². The second kappa shape index (κ2) is 6.11. The predicted molar refractivity (Wildman–Crippen MR) is 99.4 cm³/mol. The molecule has 1 aromatic carbocycles. The van der Waals surface area contributed by atoms with Crippen LogP contribution in [0.1, 0.15) is 56.4 Å². The SMILES string of the molecule is O=C(CN1C[C@H](c2ccccc2)CC1=O)NC12CC3CC(CC(C3)C1)C2. The van der Waals surface area contributed by atoms with E-state index in [1.807, 2.05) is 18.2 Å². The summed E-state index contributed by atoms with van der Waals surface area (Å²) in [5.41, 5.74) is 1.23. The number of carbonyl (C=O) groups excluding carboxylic acids is 2. The maximum atomic E-state index is 12.8. The van der Waals surface area contributed by atoms with Gasteiger partial charge in [0, 0.05) is 24.4 Å². The van der Waals surface area contributed by atoms with E-state index in [1.165, 1.54) is 24.8 Å². The summed E-state index contributed by atoms with van der Waals surface area (Å²) in [6.45, 7) is 0.890. The van der Waals surface area contributed by atoms with Gasteiger partial charge in [-0.25, -0.2) is 0 Å². The smallest absolute Gasteiger partial charge is 0.240 e. The molecule has 4 heteroatoms. The molecule has 1 N–H and O–H groups in total. The number of hydrogen-bond acceptors (Lipinski definition) is 2. The topological polar surface area (TPSA) is 49.4 Å². The summed E-state index contributed by atoms with van der Waals surface area (Å²) < 4.78 is 0. The van der Waals surface area contributed by atoms with Gasteiger partial charge in [0.1, 0.15) is 0 Å². The molecule has 5 fully saturated rings. The first-order chi connectivity index (χ1) is 12.6. The molecule has 26 heavy (non-hydrogen) atoms. The Kier molecular flexibility index (Phi) is 3.84. The molecule has 138 valence electrons. The average molecular weight is 352 g/mol. The van der Waals surface area contributed by atoms with Gasteiger partial charge in [-0.3, -0.25) is 9.59 Å². The number of nitrogens with zero attached hydrogens (tertiary/aromatic N) is 1.